The van der Waals surface area contributed by atoms with Gasteiger partial charge in [0, 0.05) is 26.2 Å². The molecule has 3 N–H and O–H groups in total. The Morgan fingerprint density at radius 3 is 2.40 bits per heavy atom. The molecule has 1 aliphatic carbocycles. The van der Waals surface area contributed by atoms with Crippen molar-refractivity contribution in [3.63, 3.8) is 0 Å². The lowest BCUT2D eigenvalue weighted by atomic mass is 9.79. The summed E-state index contributed by atoms with van der Waals surface area (Å²) in [5.74, 6) is 0.623. The van der Waals surface area contributed by atoms with Crippen LogP contribution in [-0.4, -0.2) is 38.3 Å². The molecule has 1 aliphatic rings. The highest BCUT2D eigenvalue weighted by Gasteiger charge is 2.45. The second kappa shape index (κ2) is 5.25. The zero-order chi connectivity index (χ0) is 11.5. The van der Waals surface area contributed by atoms with Gasteiger partial charge in [0.25, 0.3) is 0 Å². The molecule has 1 rings (SSSR count). The quantitative estimate of drug-likeness (QED) is 0.666. The minimum atomic E-state index is -0.637. The summed E-state index contributed by atoms with van der Waals surface area (Å²) in [4.78, 5) is 0. The summed E-state index contributed by atoms with van der Waals surface area (Å²) in [6.07, 6.45) is 1.82. The Bertz CT molecular complexity index is 196. The molecule has 0 heterocycles. The molecule has 0 bridgehead atoms. The number of aliphatic hydroxyl groups is 1. The predicted molar refractivity (Wildman–Crippen MR) is 58.3 cm³/mol. The first-order valence-electron chi connectivity index (χ1n) is 5.53. The van der Waals surface area contributed by atoms with Gasteiger partial charge in [-0.2, -0.15) is 0 Å². The summed E-state index contributed by atoms with van der Waals surface area (Å²) >= 11 is 0. The standard InChI is InChI=1S/C11H23NO3/c1-8-4-5-11(6-8,7-12)9(13)10(14-2)15-3/h8-10,13H,4-7,12H2,1-3H3. The minimum absolute atomic E-state index is 0.226. The van der Waals surface area contributed by atoms with E-state index in [1.54, 1.807) is 14.2 Å². The van der Waals surface area contributed by atoms with Crippen molar-refractivity contribution in [2.75, 3.05) is 20.8 Å². The average Bonchev–Trinajstić information content (AvgIpc) is 2.63. The Kier molecular flexibility index (Phi) is 4.52. The number of hydrogen-bond donors (Lipinski definition) is 2. The van der Waals surface area contributed by atoms with Crippen molar-refractivity contribution < 1.29 is 14.6 Å². The summed E-state index contributed by atoms with van der Waals surface area (Å²) in [7, 11) is 3.08. The molecule has 0 amide bonds. The Morgan fingerprint density at radius 2 is 2.07 bits per heavy atom. The van der Waals surface area contributed by atoms with Crippen LogP contribution in [0.25, 0.3) is 0 Å². The van der Waals surface area contributed by atoms with Gasteiger partial charge in [0.15, 0.2) is 6.29 Å². The first-order valence-corrected chi connectivity index (χ1v) is 5.53. The SMILES string of the molecule is COC(OC)C(O)C1(CN)CCC(C)C1. The molecule has 3 unspecified atom stereocenters. The summed E-state index contributed by atoms with van der Waals surface area (Å²) in [5, 5.41) is 10.2. The lowest BCUT2D eigenvalue weighted by Crippen LogP contribution is -2.48. The molecule has 0 radical (unpaired) electrons. The van der Waals surface area contributed by atoms with Crippen molar-refractivity contribution in [1.29, 1.82) is 0 Å². The second-order valence-corrected chi connectivity index (χ2v) is 4.70. The van der Waals surface area contributed by atoms with Gasteiger partial charge in [-0.25, -0.2) is 0 Å². The van der Waals surface area contributed by atoms with Crippen LogP contribution >= 0.6 is 0 Å². The fraction of sp³-hybridized carbons (Fsp3) is 1.00. The predicted octanol–water partition coefficient (Wildman–Crippen LogP) is 0.731. The number of hydrogen-bond acceptors (Lipinski definition) is 4. The molecule has 0 aliphatic heterocycles. The molecule has 0 saturated heterocycles. The van der Waals surface area contributed by atoms with Crippen LogP contribution in [0.5, 0.6) is 0 Å². The van der Waals surface area contributed by atoms with Gasteiger partial charge in [-0.3, -0.25) is 0 Å². The van der Waals surface area contributed by atoms with Gasteiger partial charge >= 0.3 is 0 Å². The van der Waals surface area contributed by atoms with Gasteiger partial charge < -0.3 is 20.3 Å². The van der Waals surface area contributed by atoms with E-state index in [4.69, 9.17) is 15.2 Å². The molecule has 1 fully saturated rings. The van der Waals surface area contributed by atoms with Gasteiger partial charge in [-0.15, -0.1) is 0 Å². The lowest BCUT2D eigenvalue weighted by Gasteiger charge is -2.36. The van der Waals surface area contributed by atoms with Gasteiger partial charge in [0.05, 0.1) is 0 Å². The molecule has 1 saturated carbocycles. The van der Waals surface area contributed by atoms with Crippen molar-refractivity contribution in [3.05, 3.63) is 0 Å². The molecule has 90 valence electrons. The fourth-order valence-electron chi connectivity index (χ4n) is 2.65. The normalized spacial score (nSPS) is 33.6. The number of methoxy groups -OCH3 is 2. The molecule has 15 heavy (non-hydrogen) atoms. The maximum Gasteiger partial charge on any atom is 0.183 e. The Balaban J connectivity index is 2.72. The van der Waals surface area contributed by atoms with Crippen LogP contribution in [0.2, 0.25) is 0 Å². The van der Waals surface area contributed by atoms with E-state index in [1.165, 1.54) is 0 Å². The molecule has 4 nitrogen and oxygen atoms in total. The van der Waals surface area contributed by atoms with Crippen LogP contribution in [-0.2, 0) is 9.47 Å². The highest BCUT2D eigenvalue weighted by atomic mass is 16.7. The molecular formula is C11H23NO3. The maximum atomic E-state index is 10.2. The Hall–Kier alpha value is -0.160. The molecule has 0 aromatic rings. The monoisotopic (exact) mass is 217 g/mol. The van der Waals surface area contributed by atoms with E-state index in [0.29, 0.717) is 12.5 Å². The van der Waals surface area contributed by atoms with E-state index >= 15 is 0 Å². The van der Waals surface area contributed by atoms with E-state index < -0.39 is 12.4 Å². The first kappa shape index (κ1) is 12.9. The van der Waals surface area contributed by atoms with E-state index in [0.717, 1.165) is 19.3 Å². The molecule has 4 heteroatoms. The van der Waals surface area contributed by atoms with Crippen LogP contribution in [0.4, 0.5) is 0 Å². The van der Waals surface area contributed by atoms with Crippen molar-refractivity contribution in [1.82, 2.24) is 0 Å². The number of aliphatic hydroxyl groups excluding tert-OH is 1. The number of nitrogens with two attached hydrogens (primary N) is 1. The van der Waals surface area contributed by atoms with Gasteiger partial charge in [0.1, 0.15) is 6.10 Å². The number of rotatable bonds is 5. The average molecular weight is 217 g/mol. The minimum Gasteiger partial charge on any atom is -0.387 e. The Labute approximate surface area is 91.7 Å². The summed E-state index contributed by atoms with van der Waals surface area (Å²) in [5.41, 5.74) is 5.58. The third-order valence-corrected chi connectivity index (χ3v) is 3.65. The smallest absolute Gasteiger partial charge is 0.183 e. The van der Waals surface area contributed by atoms with Gasteiger partial charge in [-0.1, -0.05) is 13.3 Å². The number of ether oxygens (including phenoxy) is 2. The van der Waals surface area contributed by atoms with E-state index in [9.17, 15) is 5.11 Å². The van der Waals surface area contributed by atoms with Crippen molar-refractivity contribution in [2.24, 2.45) is 17.1 Å². The van der Waals surface area contributed by atoms with Crippen LogP contribution < -0.4 is 5.73 Å². The molecule has 0 spiro atoms. The van der Waals surface area contributed by atoms with Crippen LogP contribution in [0.1, 0.15) is 26.2 Å². The maximum absolute atomic E-state index is 10.2. The zero-order valence-electron chi connectivity index (χ0n) is 9.90. The second-order valence-electron chi connectivity index (χ2n) is 4.70. The van der Waals surface area contributed by atoms with Crippen LogP contribution in [0.15, 0.2) is 0 Å². The fourth-order valence-corrected chi connectivity index (χ4v) is 2.65. The third kappa shape index (κ3) is 2.50. The van der Waals surface area contributed by atoms with E-state index in [1.807, 2.05) is 0 Å². The molecule has 0 aromatic carbocycles. The molecular weight excluding hydrogens is 194 g/mol. The topological polar surface area (TPSA) is 64.7 Å². The van der Waals surface area contributed by atoms with Crippen molar-refractivity contribution in [2.45, 2.75) is 38.6 Å². The molecule has 3 atom stereocenters. The lowest BCUT2D eigenvalue weighted by molar-refractivity contribution is -0.196. The van der Waals surface area contributed by atoms with Gasteiger partial charge in [-0.05, 0) is 18.8 Å². The largest absolute Gasteiger partial charge is 0.387 e. The Morgan fingerprint density at radius 1 is 1.47 bits per heavy atom. The molecule has 0 aromatic heterocycles. The summed E-state index contributed by atoms with van der Waals surface area (Å²) < 4.78 is 10.2. The van der Waals surface area contributed by atoms with Crippen LogP contribution in [0, 0.1) is 11.3 Å². The highest BCUT2D eigenvalue weighted by Crippen LogP contribution is 2.44. The van der Waals surface area contributed by atoms with Gasteiger partial charge in [0.2, 0.25) is 0 Å². The highest BCUT2D eigenvalue weighted by molar-refractivity contribution is 4.95. The van der Waals surface area contributed by atoms with Crippen LogP contribution in [0.3, 0.4) is 0 Å². The van der Waals surface area contributed by atoms with E-state index in [-0.39, 0.29) is 5.41 Å². The van der Waals surface area contributed by atoms with Crippen molar-refractivity contribution in [3.8, 4) is 0 Å². The van der Waals surface area contributed by atoms with E-state index in [2.05, 4.69) is 6.92 Å². The third-order valence-electron chi connectivity index (χ3n) is 3.65. The van der Waals surface area contributed by atoms with Crippen molar-refractivity contribution >= 4 is 0 Å². The first-order chi connectivity index (χ1) is 7.09. The summed E-state index contributed by atoms with van der Waals surface area (Å²) in [6.45, 7) is 2.68. The zero-order valence-corrected chi connectivity index (χ0v) is 9.90. The summed E-state index contributed by atoms with van der Waals surface area (Å²) in [6, 6.07) is 0.